The largest absolute Gasteiger partial charge is 0.398 e. The first-order chi connectivity index (χ1) is 8.50. The normalized spacial score (nSPS) is 10.7. The quantitative estimate of drug-likeness (QED) is 0.616. The number of nitrogens with one attached hydrogen (secondary N) is 1. The first kappa shape index (κ1) is 14.8. The van der Waals surface area contributed by atoms with E-state index < -0.39 is 0 Å². The monoisotopic (exact) mass is 270 g/mol. The first-order valence-electron chi connectivity index (χ1n) is 5.95. The van der Waals surface area contributed by atoms with Crippen molar-refractivity contribution >= 4 is 23.2 Å². The minimum atomic E-state index is -0.186. The van der Waals surface area contributed by atoms with Crippen molar-refractivity contribution in [3.63, 3.8) is 0 Å². The Kier molecular flexibility index (Phi) is 5.95. The standard InChI is InChI=1S/C13H19ClN2O2/c1-9(2)18-7-3-6-16-13(17)11-5-4-10(14)8-12(11)15/h4-5,8-9H,3,6-7,15H2,1-2H3,(H,16,17). The summed E-state index contributed by atoms with van der Waals surface area (Å²) < 4.78 is 5.38. The molecular formula is C13H19ClN2O2. The number of rotatable bonds is 6. The van der Waals surface area contributed by atoms with Crippen LogP contribution in [0.1, 0.15) is 30.6 Å². The number of carbonyl (C=O) groups excluding carboxylic acids is 1. The van der Waals surface area contributed by atoms with Crippen LogP contribution in [0.2, 0.25) is 5.02 Å². The van der Waals surface area contributed by atoms with Crippen molar-refractivity contribution in [3.05, 3.63) is 28.8 Å². The molecule has 0 heterocycles. The molecule has 0 radical (unpaired) electrons. The Hall–Kier alpha value is -1.26. The number of benzene rings is 1. The van der Waals surface area contributed by atoms with E-state index in [2.05, 4.69) is 5.32 Å². The Bertz CT molecular complexity index is 408. The lowest BCUT2D eigenvalue weighted by Gasteiger charge is -2.09. The average molecular weight is 271 g/mol. The SMILES string of the molecule is CC(C)OCCCNC(=O)c1ccc(Cl)cc1N. The highest BCUT2D eigenvalue weighted by Gasteiger charge is 2.08. The number of amides is 1. The zero-order valence-corrected chi connectivity index (χ0v) is 11.5. The third-order valence-corrected chi connectivity index (χ3v) is 2.55. The summed E-state index contributed by atoms with van der Waals surface area (Å²) in [5.74, 6) is -0.186. The van der Waals surface area contributed by atoms with Gasteiger partial charge in [0.2, 0.25) is 0 Å². The van der Waals surface area contributed by atoms with Gasteiger partial charge in [0.1, 0.15) is 0 Å². The Balaban J connectivity index is 2.36. The molecule has 100 valence electrons. The maximum atomic E-state index is 11.8. The van der Waals surface area contributed by atoms with Gasteiger partial charge in [-0.2, -0.15) is 0 Å². The lowest BCUT2D eigenvalue weighted by molar-refractivity contribution is 0.0757. The van der Waals surface area contributed by atoms with E-state index in [9.17, 15) is 4.79 Å². The third kappa shape index (κ3) is 4.94. The summed E-state index contributed by atoms with van der Waals surface area (Å²) in [7, 11) is 0. The number of carbonyl (C=O) groups is 1. The second-order valence-electron chi connectivity index (χ2n) is 4.26. The van der Waals surface area contributed by atoms with Crippen LogP contribution in [0.15, 0.2) is 18.2 Å². The Morgan fingerprint density at radius 2 is 2.22 bits per heavy atom. The van der Waals surface area contributed by atoms with Crippen molar-refractivity contribution in [1.82, 2.24) is 5.32 Å². The Labute approximate surface area is 112 Å². The molecule has 4 nitrogen and oxygen atoms in total. The number of hydrogen-bond donors (Lipinski definition) is 2. The van der Waals surface area contributed by atoms with Gasteiger partial charge in [-0.3, -0.25) is 4.79 Å². The summed E-state index contributed by atoms with van der Waals surface area (Å²) in [5, 5.41) is 3.31. The van der Waals surface area contributed by atoms with Gasteiger partial charge in [0.05, 0.1) is 11.7 Å². The van der Waals surface area contributed by atoms with Crippen molar-refractivity contribution in [2.24, 2.45) is 0 Å². The summed E-state index contributed by atoms with van der Waals surface area (Å²) >= 11 is 5.77. The second-order valence-corrected chi connectivity index (χ2v) is 4.70. The maximum absolute atomic E-state index is 11.8. The van der Waals surface area contributed by atoms with Crippen molar-refractivity contribution in [2.45, 2.75) is 26.4 Å². The minimum absolute atomic E-state index is 0.186. The summed E-state index contributed by atoms with van der Waals surface area (Å²) in [6.45, 7) is 5.15. The molecule has 0 saturated carbocycles. The number of nitrogen functional groups attached to an aromatic ring is 1. The molecule has 5 heteroatoms. The zero-order chi connectivity index (χ0) is 13.5. The van der Waals surface area contributed by atoms with E-state index in [1.54, 1.807) is 18.2 Å². The molecule has 3 N–H and O–H groups in total. The molecular weight excluding hydrogens is 252 g/mol. The van der Waals surface area contributed by atoms with E-state index in [0.29, 0.717) is 29.4 Å². The van der Waals surface area contributed by atoms with Gasteiger partial charge in [0.15, 0.2) is 0 Å². The molecule has 0 aliphatic carbocycles. The second kappa shape index (κ2) is 7.24. The smallest absolute Gasteiger partial charge is 0.253 e. The van der Waals surface area contributed by atoms with Crippen LogP contribution in [0.3, 0.4) is 0 Å². The predicted molar refractivity (Wildman–Crippen MR) is 73.9 cm³/mol. The van der Waals surface area contributed by atoms with Gasteiger partial charge in [0.25, 0.3) is 5.91 Å². The van der Waals surface area contributed by atoms with E-state index in [-0.39, 0.29) is 12.0 Å². The van der Waals surface area contributed by atoms with E-state index in [0.717, 1.165) is 6.42 Å². The van der Waals surface area contributed by atoms with Crippen LogP contribution in [0, 0.1) is 0 Å². The number of nitrogens with two attached hydrogens (primary N) is 1. The molecule has 1 aromatic rings. The Morgan fingerprint density at radius 3 is 2.83 bits per heavy atom. The lowest BCUT2D eigenvalue weighted by atomic mass is 10.1. The molecule has 0 fully saturated rings. The highest BCUT2D eigenvalue weighted by molar-refractivity contribution is 6.31. The van der Waals surface area contributed by atoms with Gasteiger partial charge in [-0.15, -0.1) is 0 Å². The first-order valence-corrected chi connectivity index (χ1v) is 6.33. The van der Waals surface area contributed by atoms with Crippen molar-refractivity contribution in [2.75, 3.05) is 18.9 Å². The molecule has 0 aliphatic heterocycles. The average Bonchev–Trinajstić information content (AvgIpc) is 2.27. The lowest BCUT2D eigenvalue weighted by Crippen LogP contribution is -2.26. The summed E-state index contributed by atoms with van der Waals surface area (Å²) in [4.78, 5) is 11.8. The predicted octanol–water partition coefficient (Wildman–Crippen LogP) is 2.47. The number of anilines is 1. The van der Waals surface area contributed by atoms with E-state index >= 15 is 0 Å². The molecule has 0 atom stereocenters. The van der Waals surface area contributed by atoms with Gasteiger partial charge < -0.3 is 15.8 Å². The summed E-state index contributed by atoms with van der Waals surface area (Å²) in [6, 6.07) is 4.84. The van der Waals surface area contributed by atoms with Crippen molar-refractivity contribution in [1.29, 1.82) is 0 Å². The van der Waals surface area contributed by atoms with Gasteiger partial charge in [0, 0.05) is 23.9 Å². The van der Waals surface area contributed by atoms with Gasteiger partial charge in [-0.05, 0) is 38.5 Å². The molecule has 0 aromatic heterocycles. The molecule has 1 aromatic carbocycles. The summed E-state index contributed by atoms with van der Waals surface area (Å²) in [5.41, 5.74) is 6.56. The fraction of sp³-hybridized carbons (Fsp3) is 0.462. The molecule has 0 aliphatic rings. The number of halogens is 1. The van der Waals surface area contributed by atoms with Crippen LogP contribution in [0.25, 0.3) is 0 Å². The maximum Gasteiger partial charge on any atom is 0.253 e. The zero-order valence-electron chi connectivity index (χ0n) is 10.7. The summed E-state index contributed by atoms with van der Waals surface area (Å²) in [6.07, 6.45) is 0.991. The van der Waals surface area contributed by atoms with Gasteiger partial charge in [-0.1, -0.05) is 11.6 Å². The highest BCUT2D eigenvalue weighted by atomic mass is 35.5. The number of hydrogen-bond acceptors (Lipinski definition) is 3. The van der Waals surface area contributed by atoms with E-state index in [1.165, 1.54) is 0 Å². The topological polar surface area (TPSA) is 64.3 Å². The molecule has 1 rings (SSSR count). The van der Waals surface area contributed by atoms with Crippen LogP contribution in [-0.4, -0.2) is 25.2 Å². The van der Waals surface area contributed by atoms with Crippen molar-refractivity contribution in [3.8, 4) is 0 Å². The molecule has 0 saturated heterocycles. The van der Waals surface area contributed by atoms with Crippen LogP contribution < -0.4 is 11.1 Å². The van der Waals surface area contributed by atoms with E-state index in [1.807, 2.05) is 13.8 Å². The Morgan fingerprint density at radius 1 is 1.50 bits per heavy atom. The van der Waals surface area contributed by atoms with Crippen LogP contribution in [0.4, 0.5) is 5.69 Å². The number of ether oxygens (including phenoxy) is 1. The van der Waals surface area contributed by atoms with E-state index in [4.69, 9.17) is 22.1 Å². The molecule has 1 amide bonds. The molecule has 0 bridgehead atoms. The van der Waals surface area contributed by atoms with Gasteiger partial charge in [-0.25, -0.2) is 0 Å². The fourth-order valence-corrected chi connectivity index (χ4v) is 1.61. The van der Waals surface area contributed by atoms with Crippen LogP contribution >= 0.6 is 11.6 Å². The minimum Gasteiger partial charge on any atom is -0.398 e. The molecule has 0 unspecified atom stereocenters. The fourth-order valence-electron chi connectivity index (χ4n) is 1.43. The van der Waals surface area contributed by atoms with Crippen LogP contribution in [-0.2, 0) is 4.74 Å². The third-order valence-electron chi connectivity index (χ3n) is 2.32. The molecule has 0 spiro atoms. The van der Waals surface area contributed by atoms with Crippen molar-refractivity contribution < 1.29 is 9.53 Å². The molecule has 18 heavy (non-hydrogen) atoms. The highest BCUT2D eigenvalue weighted by Crippen LogP contribution is 2.17. The van der Waals surface area contributed by atoms with Gasteiger partial charge >= 0.3 is 0 Å². The van der Waals surface area contributed by atoms with Crippen LogP contribution in [0.5, 0.6) is 0 Å².